The summed E-state index contributed by atoms with van der Waals surface area (Å²) in [5.74, 6) is -1.88. The van der Waals surface area contributed by atoms with Crippen molar-refractivity contribution in [1.29, 1.82) is 0 Å². The SMILES string of the molecule is COC(=O)CCCS(=O)(=O)NC1(C(=O)O)CCCCCC1. The Morgan fingerprint density at radius 1 is 1.19 bits per heavy atom. The summed E-state index contributed by atoms with van der Waals surface area (Å²) in [4.78, 5) is 22.5. The molecule has 0 radical (unpaired) electrons. The van der Waals surface area contributed by atoms with Crippen LogP contribution in [0.4, 0.5) is 0 Å². The summed E-state index contributed by atoms with van der Waals surface area (Å²) >= 11 is 0. The molecule has 7 nitrogen and oxygen atoms in total. The van der Waals surface area contributed by atoms with Gasteiger partial charge in [0.25, 0.3) is 0 Å². The van der Waals surface area contributed by atoms with Crippen LogP contribution < -0.4 is 4.72 Å². The molecule has 1 aliphatic carbocycles. The molecule has 0 heterocycles. The van der Waals surface area contributed by atoms with E-state index in [1.54, 1.807) is 0 Å². The Bertz CT molecular complexity index is 465. The molecule has 0 aromatic heterocycles. The minimum absolute atomic E-state index is 0.00250. The molecule has 0 atom stereocenters. The molecule has 122 valence electrons. The fraction of sp³-hybridized carbons (Fsp3) is 0.846. The first kappa shape index (κ1) is 17.9. The quantitative estimate of drug-likeness (QED) is 0.535. The molecule has 1 rings (SSSR count). The number of carboxylic acid groups (broad SMARTS) is 1. The van der Waals surface area contributed by atoms with Crippen molar-refractivity contribution in [1.82, 2.24) is 4.72 Å². The lowest BCUT2D eigenvalue weighted by atomic mass is 9.92. The van der Waals surface area contributed by atoms with Gasteiger partial charge in [0.1, 0.15) is 5.54 Å². The summed E-state index contributed by atoms with van der Waals surface area (Å²) in [6, 6.07) is 0. The van der Waals surface area contributed by atoms with Crippen LogP contribution >= 0.6 is 0 Å². The molecule has 1 fully saturated rings. The number of methoxy groups -OCH3 is 1. The number of sulfonamides is 1. The van der Waals surface area contributed by atoms with E-state index in [-0.39, 0.29) is 18.6 Å². The lowest BCUT2D eigenvalue weighted by Gasteiger charge is -2.28. The number of carbonyl (C=O) groups excluding carboxylic acids is 1. The fourth-order valence-corrected chi connectivity index (χ4v) is 4.06. The number of carboxylic acids is 1. The summed E-state index contributed by atoms with van der Waals surface area (Å²) in [6.07, 6.45) is 3.93. The Hall–Kier alpha value is -1.15. The highest BCUT2D eigenvalue weighted by molar-refractivity contribution is 7.89. The Morgan fingerprint density at radius 3 is 2.24 bits per heavy atom. The van der Waals surface area contributed by atoms with Crippen LogP contribution in [0.1, 0.15) is 51.4 Å². The van der Waals surface area contributed by atoms with E-state index < -0.39 is 27.5 Å². The number of ether oxygens (including phenoxy) is 1. The van der Waals surface area contributed by atoms with Gasteiger partial charge in [-0.15, -0.1) is 0 Å². The predicted octanol–water partition coefficient (Wildman–Crippen LogP) is 1.04. The zero-order valence-corrected chi connectivity index (χ0v) is 13.1. The van der Waals surface area contributed by atoms with E-state index in [0.29, 0.717) is 25.7 Å². The van der Waals surface area contributed by atoms with E-state index in [1.165, 1.54) is 7.11 Å². The van der Waals surface area contributed by atoms with Crippen LogP contribution in [-0.2, 0) is 24.3 Å². The molecule has 0 bridgehead atoms. The van der Waals surface area contributed by atoms with Crippen LogP contribution in [0.15, 0.2) is 0 Å². The molecule has 0 aliphatic heterocycles. The largest absolute Gasteiger partial charge is 0.480 e. The van der Waals surface area contributed by atoms with Crippen LogP contribution in [0.2, 0.25) is 0 Å². The van der Waals surface area contributed by atoms with Gasteiger partial charge < -0.3 is 9.84 Å². The number of hydrogen-bond donors (Lipinski definition) is 2. The van der Waals surface area contributed by atoms with Gasteiger partial charge in [0.15, 0.2) is 0 Å². The Kier molecular flexibility index (Phi) is 6.60. The van der Waals surface area contributed by atoms with Crippen LogP contribution in [0.25, 0.3) is 0 Å². The fourth-order valence-electron chi connectivity index (χ4n) is 2.55. The smallest absolute Gasteiger partial charge is 0.324 e. The minimum Gasteiger partial charge on any atom is -0.480 e. The second-order valence-corrected chi connectivity index (χ2v) is 7.24. The third kappa shape index (κ3) is 5.62. The van der Waals surface area contributed by atoms with Gasteiger partial charge in [0.2, 0.25) is 10.0 Å². The molecule has 0 spiro atoms. The average molecular weight is 321 g/mol. The zero-order chi connectivity index (χ0) is 15.9. The molecule has 0 saturated heterocycles. The maximum atomic E-state index is 12.1. The summed E-state index contributed by atoms with van der Waals surface area (Å²) < 4.78 is 30.9. The molecule has 1 saturated carbocycles. The molecule has 8 heteroatoms. The number of aliphatic carboxylic acids is 1. The van der Waals surface area contributed by atoms with E-state index in [1.807, 2.05) is 0 Å². The Labute approximate surface area is 125 Å². The van der Waals surface area contributed by atoms with E-state index in [2.05, 4.69) is 9.46 Å². The van der Waals surface area contributed by atoms with Gasteiger partial charge in [0.05, 0.1) is 12.9 Å². The maximum absolute atomic E-state index is 12.1. The van der Waals surface area contributed by atoms with Crippen molar-refractivity contribution in [3.63, 3.8) is 0 Å². The first-order valence-electron chi connectivity index (χ1n) is 7.13. The van der Waals surface area contributed by atoms with Crippen molar-refractivity contribution in [2.45, 2.75) is 56.9 Å². The Morgan fingerprint density at radius 2 is 1.76 bits per heavy atom. The molecular weight excluding hydrogens is 298 g/mol. The molecular formula is C13H23NO6S. The van der Waals surface area contributed by atoms with Crippen LogP contribution in [-0.4, -0.2) is 43.9 Å². The highest BCUT2D eigenvalue weighted by atomic mass is 32.2. The molecule has 0 amide bonds. The zero-order valence-electron chi connectivity index (χ0n) is 12.3. The third-order valence-corrected chi connectivity index (χ3v) is 5.27. The first-order chi connectivity index (χ1) is 9.81. The minimum atomic E-state index is -3.74. The molecule has 1 aliphatic rings. The van der Waals surface area contributed by atoms with Gasteiger partial charge in [0, 0.05) is 6.42 Å². The molecule has 0 unspecified atom stereocenters. The van der Waals surface area contributed by atoms with Gasteiger partial charge in [-0.3, -0.25) is 9.59 Å². The van der Waals surface area contributed by atoms with Crippen LogP contribution in [0.3, 0.4) is 0 Å². The number of hydrogen-bond acceptors (Lipinski definition) is 5. The molecule has 0 aromatic rings. The first-order valence-corrected chi connectivity index (χ1v) is 8.78. The van der Waals surface area contributed by atoms with Gasteiger partial charge in [-0.25, -0.2) is 8.42 Å². The highest BCUT2D eigenvalue weighted by Crippen LogP contribution is 2.28. The lowest BCUT2D eigenvalue weighted by molar-refractivity contribution is -0.144. The van der Waals surface area contributed by atoms with E-state index in [0.717, 1.165) is 12.8 Å². The maximum Gasteiger partial charge on any atom is 0.324 e. The second-order valence-electron chi connectivity index (χ2n) is 5.40. The number of carbonyl (C=O) groups is 2. The topological polar surface area (TPSA) is 110 Å². The molecule has 0 aromatic carbocycles. The second kappa shape index (κ2) is 7.74. The summed E-state index contributed by atoms with van der Waals surface area (Å²) in [5.41, 5.74) is -1.40. The number of rotatable bonds is 7. The standard InChI is InChI=1S/C13H23NO6S/c1-20-11(15)7-6-10-21(18,19)14-13(12(16)17)8-4-2-3-5-9-13/h14H,2-10H2,1H3,(H,16,17). The van der Waals surface area contributed by atoms with E-state index in [4.69, 9.17) is 0 Å². The summed E-state index contributed by atoms with van der Waals surface area (Å²) in [5, 5.41) is 9.43. The lowest BCUT2D eigenvalue weighted by Crippen LogP contribution is -2.54. The van der Waals surface area contributed by atoms with Gasteiger partial charge in [-0.05, 0) is 19.3 Å². The van der Waals surface area contributed by atoms with Gasteiger partial charge in [-0.1, -0.05) is 25.7 Å². The van der Waals surface area contributed by atoms with Crippen LogP contribution in [0.5, 0.6) is 0 Å². The van der Waals surface area contributed by atoms with Crippen molar-refractivity contribution in [2.24, 2.45) is 0 Å². The van der Waals surface area contributed by atoms with E-state index >= 15 is 0 Å². The van der Waals surface area contributed by atoms with Gasteiger partial charge >= 0.3 is 11.9 Å². The molecule has 21 heavy (non-hydrogen) atoms. The number of esters is 1. The van der Waals surface area contributed by atoms with Crippen molar-refractivity contribution in [2.75, 3.05) is 12.9 Å². The van der Waals surface area contributed by atoms with Crippen molar-refractivity contribution in [3.05, 3.63) is 0 Å². The number of nitrogens with one attached hydrogen (secondary N) is 1. The van der Waals surface area contributed by atoms with Gasteiger partial charge in [-0.2, -0.15) is 4.72 Å². The van der Waals surface area contributed by atoms with Crippen LogP contribution in [0, 0.1) is 0 Å². The Balaban J connectivity index is 2.68. The van der Waals surface area contributed by atoms with Crippen molar-refractivity contribution >= 4 is 22.0 Å². The monoisotopic (exact) mass is 321 g/mol. The van der Waals surface area contributed by atoms with Crippen molar-refractivity contribution < 1.29 is 27.9 Å². The van der Waals surface area contributed by atoms with Crippen molar-refractivity contribution in [3.8, 4) is 0 Å². The normalized spacial score (nSPS) is 18.7. The predicted molar refractivity (Wildman–Crippen MR) is 76.2 cm³/mol. The third-order valence-electron chi connectivity index (χ3n) is 3.74. The highest BCUT2D eigenvalue weighted by Gasteiger charge is 2.41. The summed E-state index contributed by atoms with van der Waals surface area (Å²) in [7, 11) is -2.51. The average Bonchev–Trinajstić information content (AvgIpc) is 2.64. The summed E-state index contributed by atoms with van der Waals surface area (Å²) in [6.45, 7) is 0. The molecule has 2 N–H and O–H groups in total. The van der Waals surface area contributed by atoms with E-state index in [9.17, 15) is 23.1 Å².